The van der Waals surface area contributed by atoms with Gasteiger partial charge in [-0.2, -0.15) is 10.4 Å². The molecule has 222 valence electrons. The van der Waals surface area contributed by atoms with Gasteiger partial charge in [-0.3, -0.25) is 9.32 Å². The molecule has 0 fully saturated rings. The minimum atomic E-state index is -4.61. The van der Waals surface area contributed by atoms with Crippen molar-refractivity contribution in [3.05, 3.63) is 66.6 Å². The molecule has 0 aliphatic rings. The Hall–Kier alpha value is -4.25. The molecule has 2 aromatic heterocycles. The van der Waals surface area contributed by atoms with Crippen molar-refractivity contribution in [1.29, 1.82) is 5.26 Å². The predicted molar refractivity (Wildman–Crippen MR) is 148 cm³/mol. The van der Waals surface area contributed by atoms with Crippen LogP contribution in [0, 0.1) is 16.9 Å². The third kappa shape index (κ3) is 6.96. The maximum Gasteiger partial charge on any atom is 0.533 e. The van der Waals surface area contributed by atoms with Gasteiger partial charge >= 0.3 is 13.8 Å². The van der Waals surface area contributed by atoms with Gasteiger partial charge in [-0.05, 0) is 44.4 Å². The van der Waals surface area contributed by atoms with Gasteiger partial charge < -0.3 is 29.9 Å². The van der Waals surface area contributed by atoms with E-state index < -0.39 is 50.9 Å². The summed E-state index contributed by atoms with van der Waals surface area (Å²) >= 11 is 0. The van der Waals surface area contributed by atoms with Crippen LogP contribution in [0.15, 0.2) is 60.9 Å². The van der Waals surface area contributed by atoms with Crippen LogP contribution in [-0.4, -0.2) is 56.4 Å². The molecular formula is C27H30N5O9P. The van der Waals surface area contributed by atoms with Gasteiger partial charge in [0, 0.05) is 5.39 Å². The van der Waals surface area contributed by atoms with E-state index in [0.717, 1.165) is 5.39 Å². The fourth-order valence-corrected chi connectivity index (χ4v) is 4.95. The molecular weight excluding hydrogens is 569 g/mol. The van der Waals surface area contributed by atoms with Crippen molar-refractivity contribution in [2.45, 2.75) is 39.1 Å². The standard InChI is InChI=1S/C27H30N5O9P/c1-27(2,3)26(35)38-16-40-42(36,41-21-10-6-8-17-7-4-5-9-18(17)21)39-13-22(37-14-28)24(34)23(33)19-11-12-20-25(29)30-15-31-32(19)20/h4-12,15,22-24,33-34H,13,16H2,1-3H3,(H2,29,30,31)/t22-,23+,24-,42?/m1/s1. The number of rotatable bonds is 12. The number of phosphoric acid groups is 1. The number of nitrogens with zero attached hydrogens (tertiary/aromatic N) is 4. The third-order valence-electron chi connectivity index (χ3n) is 6.09. The number of esters is 1. The second kappa shape index (κ2) is 12.7. The maximum atomic E-state index is 13.8. The van der Waals surface area contributed by atoms with Gasteiger partial charge in [-0.1, -0.05) is 36.4 Å². The van der Waals surface area contributed by atoms with E-state index in [0.29, 0.717) is 10.9 Å². The molecule has 0 aliphatic heterocycles. The zero-order valence-electron chi connectivity index (χ0n) is 23.0. The number of aromatic nitrogens is 3. The molecule has 0 bridgehead atoms. The average molecular weight is 600 g/mol. The highest BCUT2D eigenvalue weighted by molar-refractivity contribution is 7.48. The molecule has 4 aromatic rings. The van der Waals surface area contributed by atoms with Crippen LogP contribution in [0.3, 0.4) is 0 Å². The van der Waals surface area contributed by atoms with Gasteiger partial charge in [-0.25, -0.2) is 18.6 Å². The second-order valence-corrected chi connectivity index (χ2v) is 11.7. The summed E-state index contributed by atoms with van der Waals surface area (Å²) in [4.78, 5) is 16.1. The van der Waals surface area contributed by atoms with E-state index in [1.807, 2.05) is 18.2 Å². The lowest BCUT2D eigenvalue weighted by Crippen LogP contribution is -2.37. The number of nitrogen functional groups attached to an aromatic ring is 1. The van der Waals surface area contributed by atoms with E-state index in [9.17, 15) is 24.8 Å². The summed E-state index contributed by atoms with van der Waals surface area (Å²) in [7, 11) is -4.61. The first kappa shape index (κ1) is 30.7. The van der Waals surface area contributed by atoms with Crippen LogP contribution >= 0.6 is 7.82 Å². The molecule has 0 spiro atoms. The summed E-state index contributed by atoms with van der Waals surface area (Å²) in [6.45, 7) is 3.35. The zero-order chi connectivity index (χ0) is 30.5. The normalized spacial score (nSPS) is 15.3. The van der Waals surface area contributed by atoms with Crippen molar-refractivity contribution in [3.63, 3.8) is 0 Å². The molecule has 0 aliphatic carbocycles. The minimum Gasteiger partial charge on any atom is -0.437 e. The van der Waals surface area contributed by atoms with Crippen molar-refractivity contribution in [3.8, 4) is 12.0 Å². The number of aliphatic hydroxyl groups excluding tert-OH is 2. The van der Waals surface area contributed by atoms with Crippen LogP contribution in [0.4, 0.5) is 5.82 Å². The molecule has 4 rings (SSSR count). The molecule has 2 heterocycles. The van der Waals surface area contributed by atoms with Gasteiger partial charge in [0.1, 0.15) is 36.4 Å². The third-order valence-corrected chi connectivity index (χ3v) is 7.40. The summed E-state index contributed by atoms with van der Waals surface area (Å²) in [5.74, 6) is -0.358. The van der Waals surface area contributed by atoms with Crippen molar-refractivity contribution >= 4 is 35.9 Å². The topological polar surface area (TPSA) is 201 Å². The first-order valence-corrected chi connectivity index (χ1v) is 14.1. The first-order valence-electron chi connectivity index (χ1n) is 12.7. The van der Waals surface area contributed by atoms with Gasteiger partial charge in [-0.15, -0.1) is 0 Å². The van der Waals surface area contributed by atoms with E-state index in [4.69, 9.17) is 28.8 Å². The van der Waals surface area contributed by atoms with Gasteiger partial charge in [0.05, 0.1) is 11.1 Å². The van der Waals surface area contributed by atoms with Crippen LogP contribution in [0.1, 0.15) is 32.6 Å². The highest BCUT2D eigenvalue weighted by Crippen LogP contribution is 2.51. The number of nitriles is 1. The van der Waals surface area contributed by atoms with Crippen molar-refractivity contribution in [2.24, 2.45) is 5.41 Å². The lowest BCUT2D eigenvalue weighted by atomic mass is 9.98. The number of anilines is 1. The Labute approximate surface area is 240 Å². The van der Waals surface area contributed by atoms with Crippen LogP contribution in [-0.2, 0) is 27.9 Å². The van der Waals surface area contributed by atoms with Gasteiger partial charge in [0.2, 0.25) is 6.79 Å². The molecule has 4 atom stereocenters. The Morgan fingerprint density at radius 3 is 2.60 bits per heavy atom. The molecule has 4 N–H and O–H groups in total. The molecule has 42 heavy (non-hydrogen) atoms. The van der Waals surface area contributed by atoms with Crippen molar-refractivity contribution in [2.75, 3.05) is 19.1 Å². The number of carbonyl (C=O) groups excluding carboxylic acids is 1. The summed E-state index contributed by atoms with van der Waals surface area (Å²) in [6, 6.07) is 15.1. The first-order chi connectivity index (χ1) is 19.9. The summed E-state index contributed by atoms with van der Waals surface area (Å²) < 4.78 is 41.6. The number of hydrogen-bond donors (Lipinski definition) is 3. The molecule has 0 saturated heterocycles. The number of phosphoric ester groups is 1. The van der Waals surface area contributed by atoms with E-state index in [1.54, 1.807) is 39.0 Å². The molecule has 0 amide bonds. The number of carbonyl (C=O) groups is 1. The van der Waals surface area contributed by atoms with E-state index in [-0.39, 0.29) is 17.3 Å². The molecule has 0 radical (unpaired) electrons. The van der Waals surface area contributed by atoms with Crippen LogP contribution in [0.2, 0.25) is 0 Å². The zero-order valence-corrected chi connectivity index (χ0v) is 23.9. The summed E-state index contributed by atoms with van der Waals surface area (Å²) in [6.07, 6.45) is -2.40. The average Bonchev–Trinajstić information content (AvgIpc) is 3.40. The Bertz CT molecular complexity index is 1640. The lowest BCUT2D eigenvalue weighted by Gasteiger charge is -2.26. The summed E-state index contributed by atoms with van der Waals surface area (Å²) in [5.41, 5.74) is 5.45. The lowest BCUT2D eigenvalue weighted by molar-refractivity contribution is -0.160. The minimum absolute atomic E-state index is 0.110. The fraction of sp³-hybridized carbons (Fsp3) is 0.333. The molecule has 15 heteroatoms. The SMILES string of the molecule is CC(C)(C)C(=O)OCOP(=O)(OC[C@@H](OC#N)[C@@H](O)[C@@H](O)c1ccc2c(N)ncnn12)Oc1cccc2ccccc12. The number of fused-ring (bicyclic) bond motifs is 2. The van der Waals surface area contributed by atoms with E-state index in [2.05, 4.69) is 10.1 Å². The number of aliphatic hydroxyl groups is 2. The smallest absolute Gasteiger partial charge is 0.437 e. The Morgan fingerprint density at radius 1 is 1.12 bits per heavy atom. The molecule has 14 nitrogen and oxygen atoms in total. The molecule has 2 aromatic carbocycles. The highest BCUT2D eigenvalue weighted by Gasteiger charge is 2.37. The van der Waals surface area contributed by atoms with Crippen LogP contribution < -0.4 is 10.3 Å². The highest BCUT2D eigenvalue weighted by atomic mass is 31.2. The summed E-state index contributed by atoms with van der Waals surface area (Å²) in [5, 5.41) is 36.5. The van der Waals surface area contributed by atoms with E-state index in [1.165, 1.54) is 35.3 Å². The number of nitrogens with two attached hydrogens (primary N) is 1. The van der Waals surface area contributed by atoms with Crippen LogP contribution in [0.5, 0.6) is 5.75 Å². The second-order valence-electron chi connectivity index (χ2n) is 10.1. The van der Waals surface area contributed by atoms with Gasteiger partial charge in [0.25, 0.3) is 6.26 Å². The quantitative estimate of drug-likeness (QED) is 0.0925. The monoisotopic (exact) mass is 599 g/mol. The van der Waals surface area contributed by atoms with Crippen molar-refractivity contribution < 1.29 is 42.6 Å². The van der Waals surface area contributed by atoms with Gasteiger partial charge in [0.15, 0.2) is 11.9 Å². The molecule has 1 unspecified atom stereocenters. The van der Waals surface area contributed by atoms with Crippen LogP contribution in [0.25, 0.3) is 16.3 Å². The fourth-order valence-electron chi connectivity index (χ4n) is 3.86. The number of ether oxygens (including phenoxy) is 2. The predicted octanol–water partition coefficient (Wildman–Crippen LogP) is 3.49. The number of hydrogen-bond acceptors (Lipinski definition) is 13. The number of benzene rings is 2. The Balaban J connectivity index is 1.56. The largest absolute Gasteiger partial charge is 0.533 e. The Morgan fingerprint density at radius 2 is 1.86 bits per heavy atom. The Kier molecular flexibility index (Phi) is 9.30. The van der Waals surface area contributed by atoms with Crippen molar-refractivity contribution in [1.82, 2.24) is 14.6 Å². The maximum absolute atomic E-state index is 13.8. The molecule has 0 saturated carbocycles. The van der Waals surface area contributed by atoms with E-state index >= 15 is 0 Å².